The molecule has 1 heterocycles. The van der Waals surface area contributed by atoms with Gasteiger partial charge in [0, 0.05) is 24.3 Å². The van der Waals surface area contributed by atoms with Crippen LogP contribution in [0.5, 0.6) is 0 Å². The molecular formula is C15H15NO2. The van der Waals surface area contributed by atoms with Crippen molar-refractivity contribution in [3.8, 4) is 0 Å². The Hall–Kier alpha value is -1.74. The number of carbonyl (C=O) groups is 1. The van der Waals surface area contributed by atoms with E-state index in [1.807, 2.05) is 30.3 Å². The lowest BCUT2D eigenvalue weighted by molar-refractivity contribution is -0.0447. The third-order valence-electron chi connectivity index (χ3n) is 3.86. The summed E-state index contributed by atoms with van der Waals surface area (Å²) in [5.41, 5.74) is 0.987. The number of carbonyl (C=O) groups excluding carboxylic acids is 1. The fourth-order valence-electron chi connectivity index (χ4n) is 2.57. The van der Waals surface area contributed by atoms with Gasteiger partial charge in [0.15, 0.2) is 5.78 Å². The highest BCUT2D eigenvalue weighted by atomic mass is 16.5. The van der Waals surface area contributed by atoms with Crippen LogP contribution in [-0.4, -0.2) is 23.5 Å². The first kappa shape index (κ1) is 11.4. The van der Waals surface area contributed by atoms with Crippen LogP contribution in [0, 0.1) is 0 Å². The van der Waals surface area contributed by atoms with Gasteiger partial charge in [0.1, 0.15) is 5.60 Å². The van der Waals surface area contributed by atoms with Gasteiger partial charge in [-0.3, -0.25) is 9.78 Å². The fourth-order valence-corrected chi connectivity index (χ4v) is 2.57. The van der Waals surface area contributed by atoms with Crippen molar-refractivity contribution in [2.45, 2.75) is 24.9 Å². The maximum Gasteiger partial charge on any atom is 0.195 e. The van der Waals surface area contributed by atoms with Crippen molar-refractivity contribution in [3.05, 3.63) is 42.1 Å². The number of rotatable bonds is 3. The number of Topliss-reactive ketones (excluding diaryl/α,β-unsaturated/α-hetero) is 1. The number of hydrogen-bond acceptors (Lipinski definition) is 3. The van der Waals surface area contributed by atoms with Gasteiger partial charge in [0.2, 0.25) is 0 Å². The van der Waals surface area contributed by atoms with Gasteiger partial charge in [-0.15, -0.1) is 0 Å². The maximum absolute atomic E-state index is 12.6. The average molecular weight is 241 g/mol. The summed E-state index contributed by atoms with van der Waals surface area (Å²) in [6.45, 7) is 0. The largest absolute Gasteiger partial charge is 0.370 e. The van der Waals surface area contributed by atoms with E-state index in [0.717, 1.165) is 35.7 Å². The third-order valence-corrected chi connectivity index (χ3v) is 3.86. The highest BCUT2D eigenvalue weighted by Gasteiger charge is 2.45. The number of ketones is 1. The van der Waals surface area contributed by atoms with Crippen molar-refractivity contribution < 1.29 is 9.53 Å². The normalized spacial score (nSPS) is 17.4. The molecule has 1 fully saturated rings. The van der Waals surface area contributed by atoms with E-state index in [1.54, 1.807) is 13.3 Å². The smallest absolute Gasteiger partial charge is 0.195 e. The van der Waals surface area contributed by atoms with Crippen LogP contribution in [-0.2, 0) is 4.74 Å². The molecule has 2 aromatic rings. The minimum Gasteiger partial charge on any atom is -0.370 e. The van der Waals surface area contributed by atoms with Crippen LogP contribution in [0.4, 0.5) is 0 Å². The van der Waals surface area contributed by atoms with Gasteiger partial charge < -0.3 is 4.74 Å². The molecule has 1 aliphatic rings. The molecule has 0 spiro atoms. The predicted molar refractivity (Wildman–Crippen MR) is 69.7 cm³/mol. The number of hydrogen-bond donors (Lipinski definition) is 0. The van der Waals surface area contributed by atoms with Crippen LogP contribution in [0.2, 0.25) is 0 Å². The minimum atomic E-state index is -0.593. The lowest BCUT2D eigenvalue weighted by Crippen LogP contribution is -2.47. The molecule has 0 saturated heterocycles. The molecule has 0 atom stereocenters. The van der Waals surface area contributed by atoms with Gasteiger partial charge in [-0.2, -0.15) is 0 Å². The summed E-state index contributed by atoms with van der Waals surface area (Å²) in [6, 6.07) is 9.47. The first-order valence-electron chi connectivity index (χ1n) is 6.20. The van der Waals surface area contributed by atoms with Crippen molar-refractivity contribution in [2.75, 3.05) is 7.11 Å². The van der Waals surface area contributed by atoms with Crippen LogP contribution in [0.15, 0.2) is 36.5 Å². The summed E-state index contributed by atoms with van der Waals surface area (Å²) in [5.74, 6) is 0.0925. The van der Waals surface area contributed by atoms with Gasteiger partial charge in [-0.25, -0.2) is 0 Å². The van der Waals surface area contributed by atoms with E-state index in [4.69, 9.17) is 4.74 Å². The summed E-state index contributed by atoms with van der Waals surface area (Å²) < 4.78 is 5.47. The van der Waals surface area contributed by atoms with E-state index in [9.17, 15) is 4.79 Å². The second kappa shape index (κ2) is 4.18. The summed E-state index contributed by atoms with van der Waals surface area (Å²) in [7, 11) is 1.63. The molecule has 18 heavy (non-hydrogen) atoms. The minimum absolute atomic E-state index is 0.0925. The standard InChI is InChI=1S/C15H15NO2/c1-18-15(8-4-9-15)14(17)12-5-2-7-13-11(12)6-3-10-16-13/h2-3,5-7,10H,4,8-9H2,1H3. The first-order valence-corrected chi connectivity index (χ1v) is 6.20. The van der Waals surface area contributed by atoms with Crippen LogP contribution < -0.4 is 0 Å². The van der Waals surface area contributed by atoms with Crippen LogP contribution in [0.1, 0.15) is 29.6 Å². The van der Waals surface area contributed by atoms with Gasteiger partial charge in [-0.1, -0.05) is 18.2 Å². The Morgan fingerprint density at radius 2 is 2.11 bits per heavy atom. The number of ether oxygens (including phenoxy) is 1. The highest BCUT2D eigenvalue weighted by molar-refractivity contribution is 6.11. The molecule has 1 aliphatic carbocycles. The fraction of sp³-hybridized carbons (Fsp3) is 0.333. The van der Waals surface area contributed by atoms with Crippen molar-refractivity contribution in [1.29, 1.82) is 0 Å². The Morgan fingerprint density at radius 3 is 2.78 bits per heavy atom. The second-order valence-corrected chi connectivity index (χ2v) is 4.76. The molecule has 3 rings (SSSR count). The highest BCUT2D eigenvalue weighted by Crippen LogP contribution is 2.38. The van der Waals surface area contributed by atoms with Gasteiger partial charge in [0.25, 0.3) is 0 Å². The number of nitrogens with zero attached hydrogens (tertiary/aromatic N) is 1. The van der Waals surface area contributed by atoms with Crippen LogP contribution in [0.25, 0.3) is 10.9 Å². The number of benzene rings is 1. The van der Waals surface area contributed by atoms with Gasteiger partial charge in [0.05, 0.1) is 5.52 Å². The zero-order chi connectivity index (χ0) is 12.6. The Morgan fingerprint density at radius 1 is 1.28 bits per heavy atom. The van der Waals surface area contributed by atoms with Crippen molar-refractivity contribution in [2.24, 2.45) is 0 Å². The molecule has 0 unspecified atom stereocenters. The molecule has 1 saturated carbocycles. The molecule has 1 aromatic carbocycles. The van der Waals surface area contributed by atoms with E-state index in [1.165, 1.54) is 0 Å². The number of methoxy groups -OCH3 is 1. The quantitative estimate of drug-likeness (QED) is 0.775. The zero-order valence-electron chi connectivity index (χ0n) is 10.3. The van der Waals surface area contributed by atoms with E-state index in [2.05, 4.69) is 4.98 Å². The second-order valence-electron chi connectivity index (χ2n) is 4.76. The first-order chi connectivity index (χ1) is 8.77. The third kappa shape index (κ3) is 1.55. The molecular weight excluding hydrogens is 226 g/mol. The van der Waals surface area contributed by atoms with Gasteiger partial charge >= 0.3 is 0 Å². The zero-order valence-corrected chi connectivity index (χ0v) is 10.3. The predicted octanol–water partition coefficient (Wildman–Crippen LogP) is 2.99. The van der Waals surface area contributed by atoms with E-state index < -0.39 is 5.60 Å². The monoisotopic (exact) mass is 241 g/mol. The topological polar surface area (TPSA) is 39.2 Å². The lowest BCUT2D eigenvalue weighted by Gasteiger charge is -2.39. The molecule has 0 radical (unpaired) electrons. The molecule has 0 aliphatic heterocycles. The number of fused-ring (bicyclic) bond motifs is 1. The van der Waals surface area contributed by atoms with Crippen molar-refractivity contribution in [1.82, 2.24) is 4.98 Å². The van der Waals surface area contributed by atoms with Crippen molar-refractivity contribution in [3.63, 3.8) is 0 Å². The van der Waals surface area contributed by atoms with E-state index in [0.29, 0.717) is 0 Å². The maximum atomic E-state index is 12.6. The summed E-state index contributed by atoms with van der Waals surface area (Å²) in [6.07, 6.45) is 4.44. The SMILES string of the molecule is COC1(C(=O)c2cccc3ncccc23)CCC1. The molecule has 0 N–H and O–H groups in total. The Labute approximate surface area is 106 Å². The Balaban J connectivity index is 2.12. The van der Waals surface area contributed by atoms with E-state index >= 15 is 0 Å². The lowest BCUT2D eigenvalue weighted by atomic mass is 9.74. The van der Waals surface area contributed by atoms with Crippen LogP contribution in [0.3, 0.4) is 0 Å². The summed E-state index contributed by atoms with van der Waals surface area (Å²) >= 11 is 0. The molecule has 0 amide bonds. The van der Waals surface area contributed by atoms with E-state index in [-0.39, 0.29) is 5.78 Å². The van der Waals surface area contributed by atoms with Crippen LogP contribution >= 0.6 is 0 Å². The Bertz CT molecular complexity index is 591. The molecule has 3 heteroatoms. The Kier molecular flexibility index (Phi) is 2.63. The molecule has 0 bridgehead atoms. The summed E-state index contributed by atoms with van der Waals surface area (Å²) in [4.78, 5) is 16.9. The molecule has 92 valence electrons. The molecule has 1 aromatic heterocycles. The number of pyridine rings is 1. The van der Waals surface area contributed by atoms with Crippen molar-refractivity contribution >= 4 is 16.7 Å². The average Bonchev–Trinajstić information content (AvgIpc) is 2.37. The number of aromatic nitrogens is 1. The molecule has 3 nitrogen and oxygen atoms in total. The van der Waals surface area contributed by atoms with Gasteiger partial charge in [-0.05, 0) is 31.4 Å². The summed E-state index contributed by atoms with van der Waals surface area (Å²) in [5, 5.41) is 0.910.